The Morgan fingerprint density at radius 1 is 0.889 bits per heavy atom. The van der Waals surface area contributed by atoms with E-state index in [1.54, 1.807) is 24.7 Å². The molecule has 0 N–H and O–H groups in total. The fourth-order valence-corrected chi connectivity index (χ4v) is 2.17. The van der Waals surface area contributed by atoms with E-state index in [4.69, 9.17) is 0 Å². The molecule has 1 aromatic carbocycles. The SMILES string of the molecule is Brc1ccccc1-n1nccc1-c1ncccn1. The van der Waals surface area contributed by atoms with E-state index >= 15 is 0 Å². The summed E-state index contributed by atoms with van der Waals surface area (Å²) in [4.78, 5) is 8.50. The molecule has 0 amide bonds. The molecule has 0 bridgehead atoms. The monoisotopic (exact) mass is 300 g/mol. The Morgan fingerprint density at radius 3 is 2.44 bits per heavy atom. The summed E-state index contributed by atoms with van der Waals surface area (Å²) in [5.41, 5.74) is 1.83. The molecule has 5 heteroatoms. The lowest BCUT2D eigenvalue weighted by molar-refractivity contribution is 0.874. The van der Waals surface area contributed by atoms with Gasteiger partial charge in [0.1, 0.15) is 5.69 Å². The third-order valence-electron chi connectivity index (χ3n) is 2.52. The zero-order valence-corrected chi connectivity index (χ0v) is 10.9. The Balaban J connectivity index is 2.16. The zero-order chi connectivity index (χ0) is 12.4. The van der Waals surface area contributed by atoms with Crippen molar-refractivity contribution in [2.45, 2.75) is 0 Å². The minimum atomic E-state index is 0.658. The molecule has 3 aromatic rings. The molecule has 0 aliphatic carbocycles. The molecule has 0 unspecified atom stereocenters. The van der Waals surface area contributed by atoms with Crippen LogP contribution in [-0.2, 0) is 0 Å². The third-order valence-corrected chi connectivity index (χ3v) is 3.19. The van der Waals surface area contributed by atoms with Gasteiger partial charge in [-0.15, -0.1) is 0 Å². The molecule has 0 saturated carbocycles. The van der Waals surface area contributed by atoms with Crippen LogP contribution in [0.2, 0.25) is 0 Å². The van der Waals surface area contributed by atoms with Crippen molar-refractivity contribution in [3.63, 3.8) is 0 Å². The Morgan fingerprint density at radius 2 is 1.67 bits per heavy atom. The molecular formula is C13H9BrN4. The number of rotatable bonds is 2. The molecule has 0 aliphatic heterocycles. The Labute approximate surface area is 112 Å². The molecule has 88 valence electrons. The van der Waals surface area contributed by atoms with Gasteiger partial charge in [0.15, 0.2) is 5.82 Å². The Kier molecular flexibility index (Phi) is 2.90. The van der Waals surface area contributed by atoms with E-state index in [1.165, 1.54) is 0 Å². The van der Waals surface area contributed by atoms with Gasteiger partial charge in [0.05, 0.1) is 11.9 Å². The van der Waals surface area contributed by atoms with E-state index < -0.39 is 0 Å². The molecule has 2 aromatic heterocycles. The second-order valence-corrected chi connectivity index (χ2v) is 4.51. The smallest absolute Gasteiger partial charge is 0.178 e. The first kappa shape index (κ1) is 11.1. The van der Waals surface area contributed by atoms with E-state index in [1.807, 2.05) is 35.0 Å². The van der Waals surface area contributed by atoms with Crippen molar-refractivity contribution < 1.29 is 0 Å². The van der Waals surface area contributed by atoms with Gasteiger partial charge < -0.3 is 0 Å². The predicted octanol–water partition coefficient (Wildman–Crippen LogP) is 3.09. The molecule has 0 radical (unpaired) electrons. The highest BCUT2D eigenvalue weighted by Gasteiger charge is 2.11. The van der Waals surface area contributed by atoms with Crippen LogP contribution in [0.1, 0.15) is 0 Å². The van der Waals surface area contributed by atoms with Gasteiger partial charge in [-0.25, -0.2) is 14.6 Å². The first-order valence-electron chi connectivity index (χ1n) is 5.42. The number of halogens is 1. The van der Waals surface area contributed by atoms with Crippen molar-refractivity contribution in [1.82, 2.24) is 19.7 Å². The average molecular weight is 301 g/mol. The highest BCUT2D eigenvalue weighted by Crippen LogP contribution is 2.24. The van der Waals surface area contributed by atoms with Crippen molar-refractivity contribution in [2.75, 3.05) is 0 Å². The van der Waals surface area contributed by atoms with Gasteiger partial charge in [0, 0.05) is 16.9 Å². The molecule has 0 saturated heterocycles. The van der Waals surface area contributed by atoms with Crippen LogP contribution >= 0.6 is 15.9 Å². The Bertz CT molecular complexity index is 664. The summed E-state index contributed by atoms with van der Waals surface area (Å²) in [5, 5.41) is 4.33. The van der Waals surface area contributed by atoms with Crippen LogP contribution in [0.25, 0.3) is 17.2 Å². The second kappa shape index (κ2) is 4.70. The van der Waals surface area contributed by atoms with Crippen LogP contribution in [0.3, 0.4) is 0 Å². The van der Waals surface area contributed by atoms with E-state index in [0.29, 0.717) is 5.82 Å². The van der Waals surface area contributed by atoms with Crippen molar-refractivity contribution in [1.29, 1.82) is 0 Å². The minimum absolute atomic E-state index is 0.658. The minimum Gasteiger partial charge on any atom is -0.235 e. The number of hydrogen-bond acceptors (Lipinski definition) is 3. The highest BCUT2D eigenvalue weighted by molar-refractivity contribution is 9.10. The quantitative estimate of drug-likeness (QED) is 0.730. The molecule has 4 nitrogen and oxygen atoms in total. The highest BCUT2D eigenvalue weighted by atomic mass is 79.9. The first-order chi connectivity index (χ1) is 8.86. The van der Waals surface area contributed by atoms with Gasteiger partial charge in [0.2, 0.25) is 0 Å². The summed E-state index contributed by atoms with van der Waals surface area (Å²) >= 11 is 3.52. The van der Waals surface area contributed by atoms with Crippen molar-refractivity contribution in [3.05, 3.63) is 59.5 Å². The molecule has 0 aliphatic rings. The van der Waals surface area contributed by atoms with Gasteiger partial charge in [-0.1, -0.05) is 12.1 Å². The summed E-state index contributed by atoms with van der Waals surface area (Å²) in [6.07, 6.45) is 5.19. The van der Waals surface area contributed by atoms with Gasteiger partial charge in [-0.05, 0) is 40.2 Å². The zero-order valence-electron chi connectivity index (χ0n) is 9.36. The van der Waals surface area contributed by atoms with Gasteiger partial charge in [-0.3, -0.25) is 0 Å². The largest absolute Gasteiger partial charge is 0.235 e. The summed E-state index contributed by atoms with van der Waals surface area (Å²) in [5.74, 6) is 0.658. The van der Waals surface area contributed by atoms with Crippen LogP contribution < -0.4 is 0 Å². The van der Waals surface area contributed by atoms with E-state index in [-0.39, 0.29) is 0 Å². The molecule has 0 spiro atoms. The van der Waals surface area contributed by atoms with Gasteiger partial charge in [0.25, 0.3) is 0 Å². The molecule has 2 heterocycles. The standard InChI is InChI=1S/C13H9BrN4/c14-10-4-1-2-5-11(10)18-12(6-9-17-18)13-15-7-3-8-16-13/h1-9H. The fraction of sp³-hybridized carbons (Fsp3) is 0. The molecule has 0 atom stereocenters. The van der Waals surface area contributed by atoms with E-state index in [2.05, 4.69) is 31.0 Å². The summed E-state index contributed by atoms with van der Waals surface area (Å²) in [7, 11) is 0. The fourth-order valence-electron chi connectivity index (χ4n) is 1.72. The predicted molar refractivity (Wildman–Crippen MR) is 72.3 cm³/mol. The third kappa shape index (κ3) is 1.93. The molecular weight excluding hydrogens is 292 g/mol. The lowest BCUT2D eigenvalue weighted by atomic mass is 10.3. The van der Waals surface area contributed by atoms with Crippen LogP contribution in [-0.4, -0.2) is 19.7 Å². The topological polar surface area (TPSA) is 43.6 Å². The van der Waals surface area contributed by atoms with Crippen LogP contribution in [0.15, 0.2) is 59.5 Å². The number of aromatic nitrogens is 4. The Hall–Kier alpha value is -2.01. The summed E-state index contributed by atoms with van der Waals surface area (Å²) < 4.78 is 2.80. The lowest BCUT2D eigenvalue weighted by Gasteiger charge is -2.07. The van der Waals surface area contributed by atoms with Crippen molar-refractivity contribution >= 4 is 15.9 Å². The van der Waals surface area contributed by atoms with Crippen molar-refractivity contribution in [2.24, 2.45) is 0 Å². The normalized spacial score (nSPS) is 10.5. The second-order valence-electron chi connectivity index (χ2n) is 3.65. The van der Waals surface area contributed by atoms with E-state index in [0.717, 1.165) is 15.9 Å². The van der Waals surface area contributed by atoms with Gasteiger partial charge in [-0.2, -0.15) is 5.10 Å². The lowest BCUT2D eigenvalue weighted by Crippen LogP contribution is -2.01. The van der Waals surface area contributed by atoms with Gasteiger partial charge >= 0.3 is 0 Å². The van der Waals surface area contributed by atoms with Crippen LogP contribution in [0.4, 0.5) is 0 Å². The number of nitrogens with zero attached hydrogens (tertiary/aromatic N) is 4. The number of para-hydroxylation sites is 1. The molecule has 18 heavy (non-hydrogen) atoms. The van der Waals surface area contributed by atoms with Crippen LogP contribution in [0.5, 0.6) is 0 Å². The van der Waals surface area contributed by atoms with Crippen LogP contribution in [0, 0.1) is 0 Å². The maximum Gasteiger partial charge on any atom is 0.178 e. The average Bonchev–Trinajstić information content (AvgIpc) is 2.89. The maximum absolute atomic E-state index is 4.33. The van der Waals surface area contributed by atoms with E-state index in [9.17, 15) is 0 Å². The first-order valence-corrected chi connectivity index (χ1v) is 6.22. The molecule has 3 rings (SSSR count). The summed E-state index contributed by atoms with van der Waals surface area (Å²) in [6.45, 7) is 0. The number of benzene rings is 1. The maximum atomic E-state index is 4.33. The summed E-state index contributed by atoms with van der Waals surface area (Å²) in [6, 6.07) is 11.6. The number of hydrogen-bond donors (Lipinski definition) is 0. The molecule has 0 fully saturated rings. The van der Waals surface area contributed by atoms with Crippen molar-refractivity contribution in [3.8, 4) is 17.2 Å².